The molecule has 0 aliphatic heterocycles. The van der Waals surface area contributed by atoms with Crippen molar-refractivity contribution >= 4 is 12.3 Å². The maximum absolute atomic E-state index is 13.8. The number of esters is 1. The highest BCUT2D eigenvalue weighted by Crippen LogP contribution is 2.76. The molecule has 0 heterocycles. The molecule has 0 saturated heterocycles. The number of aliphatic hydroxyl groups is 3. The molecule has 0 spiro atoms. The van der Waals surface area contributed by atoms with Crippen LogP contribution in [0.2, 0.25) is 0 Å². The van der Waals surface area contributed by atoms with Gasteiger partial charge in [-0.1, -0.05) is 66.7 Å². The van der Waals surface area contributed by atoms with Crippen molar-refractivity contribution < 1.29 is 29.6 Å². The van der Waals surface area contributed by atoms with Crippen LogP contribution in [0.25, 0.3) is 0 Å². The van der Waals surface area contributed by atoms with Gasteiger partial charge in [-0.2, -0.15) is 0 Å². The van der Waals surface area contributed by atoms with E-state index < -0.39 is 40.0 Å². The summed E-state index contributed by atoms with van der Waals surface area (Å²) in [6, 6.07) is 9.14. The first-order valence-electron chi connectivity index (χ1n) is 16.6. The zero-order chi connectivity index (χ0) is 31.3. The van der Waals surface area contributed by atoms with Gasteiger partial charge in [-0.15, -0.1) is 0 Å². The topological polar surface area (TPSA) is 104 Å². The lowest BCUT2D eigenvalue weighted by molar-refractivity contribution is -0.248. The van der Waals surface area contributed by atoms with Gasteiger partial charge in [0.15, 0.2) is 0 Å². The SMILES string of the molecule is C[C@H]1[C@H](C)CC[C@]2(C)C[C@H](OC(=O)c3ccccc3)[C@]3(C)C(=C(O)[C@@H](O)[C@@H]4[C@@]5(C)CC[C@H](O)[C@](C)(C=O)[C@@H]5CC[C@]43C)[C@H]12. The molecule has 5 aliphatic carbocycles. The average Bonchev–Trinajstić information content (AvgIpc) is 2.97. The standard InChI is InChI=1S/C37H52O6/c1-21-13-16-33(3)19-26(43-32(42)23-11-9-8-10-12-23)37(7)28(27(33)22(21)2)29(40)30(41)31-34(4)17-15-25(39)35(5,20-38)24(34)14-18-36(31,37)6/h8-12,20-22,24-27,30-31,39-41H,13-19H2,1-7H3/t21-,22+,24-,25+,26+,27+,30-,31-,33-,34+,35-,36-,37-/m1/s1. The van der Waals surface area contributed by atoms with Crippen LogP contribution in [0.5, 0.6) is 0 Å². The number of ether oxygens (including phenoxy) is 1. The van der Waals surface area contributed by atoms with Crippen LogP contribution in [-0.4, -0.2) is 45.9 Å². The monoisotopic (exact) mass is 592 g/mol. The summed E-state index contributed by atoms with van der Waals surface area (Å²) in [5, 5.41) is 35.7. The summed E-state index contributed by atoms with van der Waals surface area (Å²) in [6.07, 6.45) is 3.90. The first kappa shape index (κ1) is 30.8. The summed E-state index contributed by atoms with van der Waals surface area (Å²) in [7, 11) is 0. The highest BCUT2D eigenvalue weighted by Gasteiger charge is 2.74. The van der Waals surface area contributed by atoms with Crippen LogP contribution in [0.4, 0.5) is 0 Å². The van der Waals surface area contributed by atoms with E-state index in [2.05, 4.69) is 41.5 Å². The van der Waals surface area contributed by atoms with Crippen molar-refractivity contribution in [3.8, 4) is 0 Å². The average molecular weight is 593 g/mol. The van der Waals surface area contributed by atoms with Crippen molar-refractivity contribution in [3.05, 3.63) is 47.2 Å². The summed E-state index contributed by atoms with van der Waals surface area (Å²) in [6.45, 7) is 15.4. The van der Waals surface area contributed by atoms with Gasteiger partial charge < -0.3 is 24.9 Å². The van der Waals surface area contributed by atoms with E-state index in [9.17, 15) is 24.9 Å². The number of aldehydes is 1. The van der Waals surface area contributed by atoms with Crippen molar-refractivity contribution in [1.82, 2.24) is 0 Å². The maximum Gasteiger partial charge on any atom is 0.338 e. The molecule has 0 amide bonds. The molecule has 1 aromatic rings. The number of rotatable bonds is 3. The Morgan fingerprint density at radius 2 is 1.63 bits per heavy atom. The largest absolute Gasteiger partial charge is 0.510 e. The van der Waals surface area contributed by atoms with Crippen LogP contribution >= 0.6 is 0 Å². The van der Waals surface area contributed by atoms with Crippen molar-refractivity contribution in [2.75, 3.05) is 0 Å². The summed E-state index contributed by atoms with van der Waals surface area (Å²) in [5.74, 6) is 0.00399. The van der Waals surface area contributed by atoms with Crippen molar-refractivity contribution in [3.63, 3.8) is 0 Å². The van der Waals surface area contributed by atoms with Crippen LogP contribution in [0, 0.1) is 56.7 Å². The second-order valence-electron chi connectivity index (χ2n) is 16.4. The van der Waals surface area contributed by atoms with Gasteiger partial charge in [-0.3, -0.25) is 0 Å². The molecule has 0 unspecified atom stereocenters. The Morgan fingerprint density at radius 1 is 0.953 bits per heavy atom. The van der Waals surface area contributed by atoms with E-state index >= 15 is 0 Å². The third-order valence-corrected chi connectivity index (χ3v) is 14.7. The molecule has 4 saturated carbocycles. The van der Waals surface area contributed by atoms with E-state index in [1.807, 2.05) is 25.1 Å². The van der Waals surface area contributed by atoms with E-state index in [0.29, 0.717) is 43.1 Å². The van der Waals surface area contributed by atoms with Gasteiger partial charge in [-0.05, 0) is 103 Å². The van der Waals surface area contributed by atoms with Crippen LogP contribution in [0.3, 0.4) is 0 Å². The van der Waals surface area contributed by atoms with Gasteiger partial charge in [0.1, 0.15) is 24.3 Å². The summed E-state index contributed by atoms with van der Waals surface area (Å²) < 4.78 is 6.61. The molecule has 5 aliphatic rings. The molecule has 6 heteroatoms. The Labute approximate surface area is 257 Å². The lowest BCUT2D eigenvalue weighted by atomic mass is 9.32. The minimum Gasteiger partial charge on any atom is -0.510 e. The number of hydrogen-bond donors (Lipinski definition) is 3. The van der Waals surface area contributed by atoms with Gasteiger partial charge in [0, 0.05) is 11.3 Å². The zero-order valence-electron chi connectivity index (χ0n) is 27.1. The Bertz CT molecular complexity index is 1320. The van der Waals surface area contributed by atoms with E-state index in [1.54, 1.807) is 12.1 Å². The summed E-state index contributed by atoms with van der Waals surface area (Å²) >= 11 is 0. The molecule has 0 radical (unpaired) electrons. The smallest absolute Gasteiger partial charge is 0.338 e. The number of hydrogen-bond acceptors (Lipinski definition) is 6. The van der Waals surface area contributed by atoms with E-state index in [-0.39, 0.29) is 34.9 Å². The minimum absolute atomic E-state index is 0.0549. The molecule has 0 aromatic heterocycles. The maximum atomic E-state index is 13.8. The third kappa shape index (κ3) is 3.90. The van der Waals surface area contributed by atoms with E-state index in [1.165, 1.54) is 0 Å². The lowest BCUT2D eigenvalue weighted by Crippen LogP contribution is -2.71. The molecule has 43 heavy (non-hydrogen) atoms. The number of aliphatic hydroxyl groups excluding tert-OH is 3. The fraction of sp³-hybridized carbons (Fsp3) is 0.730. The molecule has 0 bridgehead atoms. The molecule has 6 nitrogen and oxygen atoms in total. The quantitative estimate of drug-likeness (QED) is 0.261. The van der Waals surface area contributed by atoms with Crippen molar-refractivity contribution in [1.29, 1.82) is 0 Å². The molecule has 4 fully saturated rings. The summed E-state index contributed by atoms with van der Waals surface area (Å²) in [5.41, 5.74) is -1.48. The zero-order valence-corrected chi connectivity index (χ0v) is 27.1. The second-order valence-corrected chi connectivity index (χ2v) is 16.4. The van der Waals surface area contributed by atoms with Gasteiger partial charge in [0.2, 0.25) is 0 Å². The van der Waals surface area contributed by atoms with E-state index in [4.69, 9.17) is 4.74 Å². The Morgan fingerprint density at radius 3 is 2.28 bits per heavy atom. The normalized spacial score (nSPS) is 50.9. The molecule has 1 aromatic carbocycles. The Hall–Kier alpha value is -2.18. The molecule has 6 rings (SSSR count). The first-order chi connectivity index (χ1) is 20.1. The van der Waals surface area contributed by atoms with Gasteiger partial charge in [0.25, 0.3) is 0 Å². The lowest BCUT2D eigenvalue weighted by Gasteiger charge is -2.73. The highest BCUT2D eigenvalue weighted by atomic mass is 16.5. The Balaban J connectivity index is 1.56. The summed E-state index contributed by atoms with van der Waals surface area (Å²) in [4.78, 5) is 26.4. The first-order valence-corrected chi connectivity index (χ1v) is 16.6. The van der Waals surface area contributed by atoms with Gasteiger partial charge in [0.05, 0.1) is 17.1 Å². The molecule has 3 N–H and O–H groups in total. The predicted octanol–water partition coefficient (Wildman–Crippen LogP) is 6.90. The fourth-order valence-electron chi connectivity index (χ4n) is 11.9. The minimum atomic E-state index is -1.09. The van der Waals surface area contributed by atoms with Crippen LogP contribution in [0.15, 0.2) is 41.7 Å². The van der Waals surface area contributed by atoms with Crippen LogP contribution in [-0.2, 0) is 9.53 Å². The number of carbonyl (C=O) groups is 2. The van der Waals surface area contributed by atoms with Gasteiger partial charge in [-0.25, -0.2) is 4.79 Å². The fourth-order valence-corrected chi connectivity index (χ4v) is 11.9. The number of benzene rings is 1. The number of carbonyl (C=O) groups excluding carboxylic acids is 2. The second kappa shape index (κ2) is 9.91. The Kier molecular flexibility index (Phi) is 7.10. The highest BCUT2D eigenvalue weighted by molar-refractivity contribution is 5.89. The molecule has 236 valence electrons. The van der Waals surface area contributed by atoms with Crippen molar-refractivity contribution in [2.45, 2.75) is 112 Å². The third-order valence-electron chi connectivity index (χ3n) is 14.7. The molecular weight excluding hydrogens is 540 g/mol. The van der Waals surface area contributed by atoms with E-state index in [0.717, 1.165) is 31.1 Å². The van der Waals surface area contributed by atoms with Gasteiger partial charge >= 0.3 is 5.97 Å². The van der Waals surface area contributed by atoms with Crippen molar-refractivity contribution in [2.24, 2.45) is 56.7 Å². The molecule has 13 atom stereocenters. The van der Waals surface area contributed by atoms with Crippen LogP contribution < -0.4 is 0 Å². The number of fused-ring (bicyclic) bond motifs is 7. The van der Waals surface area contributed by atoms with Crippen LogP contribution in [0.1, 0.15) is 104 Å². The molecular formula is C37H52O6. The predicted molar refractivity (Wildman–Crippen MR) is 165 cm³/mol.